The number of hydrogen-bond acceptors (Lipinski definition) is 2. The first-order valence-electron chi connectivity index (χ1n) is 5.64. The van der Waals surface area contributed by atoms with Gasteiger partial charge in [-0.25, -0.2) is 4.98 Å². The van der Waals surface area contributed by atoms with E-state index < -0.39 is 0 Å². The molecule has 0 radical (unpaired) electrons. The average molecular weight is 250 g/mol. The molecular formula is C13H16ClN3. The van der Waals surface area contributed by atoms with Crippen molar-refractivity contribution in [2.24, 2.45) is 12.8 Å². The molecule has 0 amide bonds. The normalized spacial score (nSPS) is 10.8. The minimum absolute atomic E-state index is 0.636. The highest BCUT2D eigenvalue weighted by Crippen LogP contribution is 2.13. The topological polar surface area (TPSA) is 43.8 Å². The highest BCUT2D eigenvalue weighted by atomic mass is 35.5. The molecule has 4 heteroatoms. The maximum atomic E-state index is 5.86. The van der Waals surface area contributed by atoms with E-state index in [1.54, 1.807) is 0 Å². The van der Waals surface area contributed by atoms with E-state index in [4.69, 9.17) is 17.3 Å². The van der Waals surface area contributed by atoms with Crippen molar-refractivity contribution in [3.63, 3.8) is 0 Å². The molecule has 17 heavy (non-hydrogen) atoms. The van der Waals surface area contributed by atoms with Crippen LogP contribution < -0.4 is 5.73 Å². The first-order valence-corrected chi connectivity index (χ1v) is 6.02. The van der Waals surface area contributed by atoms with Gasteiger partial charge < -0.3 is 10.3 Å². The van der Waals surface area contributed by atoms with Crippen LogP contribution in [0.4, 0.5) is 0 Å². The van der Waals surface area contributed by atoms with Gasteiger partial charge in [-0.2, -0.15) is 0 Å². The third-order valence-corrected chi connectivity index (χ3v) is 2.95. The number of rotatable bonds is 4. The zero-order chi connectivity index (χ0) is 12.3. The molecule has 0 aliphatic heterocycles. The molecule has 0 unspecified atom stereocenters. The molecule has 2 aromatic rings. The average Bonchev–Trinajstić information content (AvgIpc) is 2.63. The fourth-order valence-electron chi connectivity index (χ4n) is 1.79. The number of nitrogens with two attached hydrogens (primary N) is 1. The number of benzene rings is 1. The summed E-state index contributed by atoms with van der Waals surface area (Å²) in [6.07, 6.45) is 3.69. The van der Waals surface area contributed by atoms with Gasteiger partial charge in [0.1, 0.15) is 5.82 Å². The number of aryl methyl sites for hydroxylation is 1. The van der Waals surface area contributed by atoms with Crippen LogP contribution in [0.25, 0.3) is 0 Å². The molecule has 0 aliphatic carbocycles. The largest absolute Gasteiger partial charge is 0.337 e. The van der Waals surface area contributed by atoms with Crippen molar-refractivity contribution in [1.82, 2.24) is 9.55 Å². The number of hydrogen-bond donors (Lipinski definition) is 1. The molecule has 2 N–H and O–H groups in total. The SMILES string of the molecule is Cn1cc(CCN)nc1Cc1ccc(Cl)cc1. The molecule has 90 valence electrons. The Hall–Kier alpha value is -1.32. The van der Waals surface area contributed by atoms with E-state index in [2.05, 4.69) is 9.55 Å². The van der Waals surface area contributed by atoms with Gasteiger partial charge >= 0.3 is 0 Å². The Morgan fingerprint density at radius 3 is 2.65 bits per heavy atom. The Kier molecular flexibility index (Phi) is 3.82. The smallest absolute Gasteiger partial charge is 0.113 e. The number of halogens is 1. The summed E-state index contributed by atoms with van der Waals surface area (Å²) >= 11 is 5.86. The van der Waals surface area contributed by atoms with Gasteiger partial charge in [0, 0.05) is 31.1 Å². The Bertz CT molecular complexity index is 488. The molecule has 0 spiro atoms. The molecule has 1 aromatic heterocycles. The van der Waals surface area contributed by atoms with E-state index in [1.807, 2.05) is 37.5 Å². The Morgan fingerprint density at radius 1 is 1.29 bits per heavy atom. The van der Waals surface area contributed by atoms with Gasteiger partial charge in [0.25, 0.3) is 0 Å². The van der Waals surface area contributed by atoms with Gasteiger partial charge in [-0.15, -0.1) is 0 Å². The third-order valence-electron chi connectivity index (χ3n) is 2.70. The van der Waals surface area contributed by atoms with Crippen molar-refractivity contribution in [3.8, 4) is 0 Å². The van der Waals surface area contributed by atoms with Gasteiger partial charge in [-0.05, 0) is 24.2 Å². The molecule has 0 fully saturated rings. The lowest BCUT2D eigenvalue weighted by Gasteiger charge is -2.01. The fraction of sp³-hybridized carbons (Fsp3) is 0.308. The molecular weight excluding hydrogens is 234 g/mol. The number of nitrogens with zero attached hydrogens (tertiary/aromatic N) is 2. The van der Waals surface area contributed by atoms with Crippen LogP contribution in [0.1, 0.15) is 17.1 Å². The first kappa shape index (κ1) is 12.1. The second kappa shape index (κ2) is 5.34. The van der Waals surface area contributed by atoms with Gasteiger partial charge in [0.05, 0.1) is 5.69 Å². The maximum Gasteiger partial charge on any atom is 0.113 e. The predicted molar refractivity (Wildman–Crippen MR) is 70.2 cm³/mol. The van der Waals surface area contributed by atoms with Crippen LogP contribution in [0.3, 0.4) is 0 Å². The van der Waals surface area contributed by atoms with Crippen molar-refractivity contribution in [2.75, 3.05) is 6.54 Å². The Morgan fingerprint density at radius 2 is 2.00 bits per heavy atom. The van der Waals surface area contributed by atoms with Crippen LogP contribution in [0.15, 0.2) is 30.5 Å². The van der Waals surface area contributed by atoms with Crippen LogP contribution in [-0.4, -0.2) is 16.1 Å². The summed E-state index contributed by atoms with van der Waals surface area (Å²) in [5.74, 6) is 1.05. The summed E-state index contributed by atoms with van der Waals surface area (Å²) in [4.78, 5) is 4.57. The number of imidazole rings is 1. The van der Waals surface area contributed by atoms with Gasteiger partial charge in [0.15, 0.2) is 0 Å². The quantitative estimate of drug-likeness (QED) is 0.903. The Labute approximate surface area is 106 Å². The molecule has 1 heterocycles. The summed E-state index contributed by atoms with van der Waals surface area (Å²) in [6.45, 7) is 0.636. The molecule has 1 aromatic carbocycles. The lowest BCUT2D eigenvalue weighted by atomic mass is 10.1. The third kappa shape index (κ3) is 3.08. The molecule has 0 atom stereocenters. The molecule has 0 saturated carbocycles. The van der Waals surface area contributed by atoms with Crippen molar-refractivity contribution >= 4 is 11.6 Å². The predicted octanol–water partition coefficient (Wildman–Crippen LogP) is 2.17. The van der Waals surface area contributed by atoms with E-state index in [9.17, 15) is 0 Å². The molecule has 2 rings (SSSR count). The van der Waals surface area contributed by atoms with Gasteiger partial charge in [-0.1, -0.05) is 23.7 Å². The van der Waals surface area contributed by atoms with E-state index in [1.165, 1.54) is 5.56 Å². The lowest BCUT2D eigenvalue weighted by Crippen LogP contribution is -2.02. The molecule has 0 aliphatic rings. The lowest BCUT2D eigenvalue weighted by molar-refractivity contribution is 0.821. The molecule has 3 nitrogen and oxygen atoms in total. The molecule has 0 bridgehead atoms. The van der Waals surface area contributed by atoms with Crippen LogP contribution in [0.2, 0.25) is 5.02 Å². The van der Waals surface area contributed by atoms with Gasteiger partial charge in [-0.3, -0.25) is 0 Å². The maximum absolute atomic E-state index is 5.86. The van der Waals surface area contributed by atoms with Crippen LogP contribution in [-0.2, 0) is 19.9 Å². The van der Waals surface area contributed by atoms with E-state index in [0.717, 1.165) is 29.4 Å². The van der Waals surface area contributed by atoms with E-state index >= 15 is 0 Å². The summed E-state index contributed by atoms with van der Waals surface area (Å²) < 4.78 is 2.06. The van der Waals surface area contributed by atoms with Gasteiger partial charge in [0.2, 0.25) is 0 Å². The van der Waals surface area contributed by atoms with Crippen molar-refractivity contribution < 1.29 is 0 Å². The van der Waals surface area contributed by atoms with Crippen molar-refractivity contribution in [1.29, 1.82) is 0 Å². The van der Waals surface area contributed by atoms with E-state index in [-0.39, 0.29) is 0 Å². The van der Waals surface area contributed by atoms with Crippen molar-refractivity contribution in [3.05, 3.63) is 52.6 Å². The summed E-state index contributed by atoms with van der Waals surface area (Å²) in [7, 11) is 2.01. The molecule has 0 saturated heterocycles. The monoisotopic (exact) mass is 249 g/mol. The zero-order valence-corrected chi connectivity index (χ0v) is 10.6. The highest BCUT2D eigenvalue weighted by Gasteiger charge is 2.05. The van der Waals surface area contributed by atoms with Crippen LogP contribution in [0.5, 0.6) is 0 Å². The fourth-order valence-corrected chi connectivity index (χ4v) is 1.91. The second-order valence-electron chi connectivity index (χ2n) is 4.10. The van der Waals surface area contributed by atoms with Crippen molar-refractivity contribution in [2.45, 2.75) is 12.8 Å². The standard InChI is InChI=1S/C13H16ClN3/c1-17-9-12(6-7-15)16-13(17)8-10-2-4-11(14)5-3-10/h2-5,9H,6-8,15H2,1H3. The Balaban J connectivity index is 2.15. The van der Waals surface area contributed by atoms with Crippen LogP contribution >= 0.6 is 11.6 Å². The highest BCUT2D eigenvalue weighted by molar-refractivity contribution is 6.30. The summed E-state index contributed by atoms with van der Waals surface area (Å²) in [6, 6.07) is 7.86. The number of aromatic nitrogens is 2. The minimum Gasteiger partial charge on any atom is -0.337 e. The minimum atomic E-state index is 0.636. The summed E-state index contributed by atoms with van der Waals surface area (Å²) in [5.41, 5.74) is 7.79. The second-order valence-corrected chi connectivity index (χ2v) is 4.54. The first-order chi connectivity index (χ1) is 8.19. The summed E-state index contributed by atoms with van der Waals surface area (Å²) in [5, 5.41) is 0.761. The van der Waals surface area contributed by atoms with E-state index in [0.29, 0.717) is 6.54 Å². The zero-order valence-electron chi connectivity index (χ0n) is 9.86. The van der Waals surface area contributed by atoms with Crippen LogP contribution in [0, 0.1) is 0 Å².